The molecule has 0 unspecified atom stereocenters. The number of esters is 1. The summed E-state index contributed by atoms with van der Waals surface area (Å²) in [4.78, 5) is 28.8. The first-order valence-electron chi connectivity index (χ1n) is 10.1. The van der Waals surface area contributed by atoms with Gasteiger partial charge in [-0.15, -0.1) is 0 Å². The van der Waals surface area contributed by atoms with Crippen LogP contribution in [0.4, 0.5) is 0 Å². The summed E-state index contributed by atoms with van der Waals surface area (Å²) >= 11 is 0. The van der Waals surface area contributed by atoms with E-state index in [1.807, 2.05) is 84.5 Å². The molecule has 0 fully saturated rings. The number of nitrogens with one attached hydrogen (secondary N) is 1. The predicted octanol–water partition coefficient (Wildman–Crippen LogP) is 4.65. The maximum atomic E-state index is 13.2. The Morgan fingerprint density at radius 3 is 2.48 bits per heavy atom. The average Bonchev–Trinajstić information content (AvgIpc) is 3.30. The molecule has 2 aromatic heterocycles. The molecule has 0 radical (unpaired) electrons. The molecule has 5 aromatic rings. The van der Waals surface area contributed by atoms with Crippen LogP contribution in [0.1, 0.15) is 17.4 Å². The van der Waals surface area contributed by atoms with Gasteiger partial charge < -0.3 is 9.30 Å². The highest BCUT2D eigenvalue weighted by Gasteiger charge is 2.26. The van der Waals surface area contributed by atoms with E-state index in [2.05, 4.69) is 4.98 Å². The first-order chi connectivity index (χ1) is 15.1. The van der Waals surface area contributed by atoms with Gasteiger partial charge in [0.2, 0.25) is 0 Å². The highest BCUT2D eigenvalue weighted by Crippen LogP contribution is 2.34. The molecule has 2 heterocycles. The summed E-state index contributed by atoms with van der Waals surface area (Å²) in [7, 11) is 1.95. The third-order valence-corrected chi connectivity index (χ3v) is 5.53. The van der Waals surface area contributed by atoms with E-state index in [0.717, 1.165) is 27.2 Å². The number of carbonyl (C=O) groups is 1. The number of H-pyrrole nitrogens is 1. The number of rotatable bonds is 4. The molecule has 0 aliphatic rings. The molecule has 0 amide bonds. The van der Waals surface area contributed by atoms with Gasteiger partial charge in [-0.3, -0.25) is 9.55 Å². The smallest absolute Gasteiger partial charge is 0.357 e. The van der Waals surface area contributed by atoms with Gasteiger partial charge in [-0.25, -0.2) is 9.59 Å². The topological polar surface area (TPSA) is 69.0 Å². The van der Waals surface area contributed by atoms with Gasteiger partial charge in [-0.1, -0.05) is 54.6 Å². The van der Waals surface area contributed by atoms with E-state index < -0.39 is 5.97 Å². The van der Waals surface area contributed by atoms with Crippen molar-refractivity contribution in [1.29, 1.82) is 0 Å². The summed E-state index contributed by atoms with van der Waals surface area (Å²) in [5, 5.41) is 2.88. The molecule has 154 valence electrons. The Balaban J connectivity index is 1.90. The van der Waals surface area contributed by atoms with Crippen molar-refractivity contribution in [2.75, 3.05) is 6.61 Å². The zero-order valence-electron chi connectivity index (χ0n) is 17.3. The largest absolute Gasteiger partial charge is 0.461 e. The van der Waals surface area contributed by atoms with Gasteiger partial charge in [0.15, 0.2) is 5.69 Å². The number of fused-ring (bicyclic) bond motifs is 2. The number of hydrogen-bond acceptors (Lipinski definition) is 3. The van der Waals surface area contributed by atoms with Gasteiger partial charge in [-0.2, -0.15) is 0 Å². The molecule has 1 N–H and O–H groups in total. The molecule has 0 aliphatic carbocycles. The van der Waals surface area contributed by atoms with Crippen LogP contribution in [0.3, 0.4) is 0 Å². The van der Waals surface area contributed by atoms with Crippen LogP contribution in [0, 0.1) is 0 Å². The second kappa shape index (κ2) is 7.32. The van der Waals surface area contributed by atoms with Crippen molar-refractivity contribution in [2.45, 2.75) is 6.92 Å². The van der Waals surface area contributed by atoms with E-state index in [-0.39, 0.29) is 18.0 Å². The van der Waals surface area contributed by atoms with Gasteiger partial charge in [0.05, 0.1) is 18.0 Å². The quantitative estimate of drug-likeness (QED) is 0.438. The highest BCUT2D eigenvalue weighted by atomic mass is 16.5. The minimum absolute atomic E-state index is 0.149. The summed E-state index contributed by atoms with van der Waals surface area (Å²) in [6.45, 7) is 1.96. The van der Waals surface area contributed by atoms with Crippen LogP contribution in [-0.2, 0) is 11.8 Å². The first kappa shape index (κ1) is 18.9. The van der Waals surface area contributed by atoms with Crippen molar-refractivity contribution in [3.05, 3.63) is 89.1 Å². The highest BCUT2D eigenvalue weighted by molar-refractivity contribution is 6.03. The Morgan fingerprint density at radius 2 is 1.68 bits per heavy atom. The standard InChI is InChI=1S/C25H21N3O3/c1-3-31-24(29)22-23(19-15-27(2)20-13-7-6-12-18(19)20)28(25(30)26-22)21-14-8-10-16-9-4-5-11-17(16)21/h4-15H,3H2,1-2H3,(H,26,30). The van der Waals surface area contributed by atoms with Crippen molar-refractivity contribution in [3.63, 3.8) is 0 Å². The molecule has 31 heavy (non-hydrogen) atoms. The molecule has 0 bridgehead atoms. The number of aromatic nitrogens is 3. The Morgan fingerprint density at radius 1 is 0.968 bits per heavy atom. The minimum atomic E-state index is -0.554. The number of hydrogen-bond donors (Lipinski definition) is 1. The number of imidazole rings is 1. The lowest BCUT2D eigenvalue weighted by atomic mass is 10.1. The molecular weight excluding hydrogens is 390 g/mol. The Bertz CT molecular complexity index is 1500. The Kier molecular flexibility index (Phi) is 4.47. The molecule has 0 aliphatic heterocycles. The van der Waals surface area contributed by atoms with Crippen molar-refractivity contribution >= 4 is 27.6 Å². The van der Waals surface area contributed by atoms with Gasteiger partial charge >= 0.3 is 11.7 Å². The fourth-order valence-electron chi connectivity index (χ4n) is 4.21. The van der Waals surface area contributed by atoms with E-state index in [0.29, 0.717) is 11.4 Å². The van der Waals surface area contributed by atoms with Crippen LogP contribution in [0.15, 0.2) is 77.7 Å². The SMILES string of the molecule is CCOC(=O)c1[nH]c(=O)n(-c2cccc3ccccc23)c1-c1cn(C)c2ccccc12. The lowest BCUT2D eigenvalue weighted by molar-refractivity contribution is 0.0521. The van der Waals surface area contributed by atoms with Gasteiger partial charge in [-0.05, 0) is 24.4 Å². The summed E-state index contributed by atoms with van der Waals surface area (Å²) in [6, 6.07) is 21.6. The van der Waals surface area contributed by atoms with E-state index in [4.69, 9.17) is 4.74 Å². The second-order valence-electron chi connectivity index (χ2n) is 7.38. The number of nitrogens with zero attached hydrogens (tertiary/aromatic N) is 2. The number of benzene rings is 3. The Hall–Kier alpha value is -4.06. The monoisotopic (exact) mass is 411 g/mol. The summed E-state index contributed by atoms with van der Waals surface area (Å²) in [6.07, 6.45) is 1.94. The van der Waals surface area contributed by atoms with E-state index >= 15 is 0 Å². The number of para-hydroxylation sites is 1. The predicted molar refractivity (Wildman–Crippen MR) is 122 cm³/mol. The van der Waals surface area contributed by atoms with Crippen molar-refractivity contribution in [1.82, 2.24) is 14.1 Å². The van der Waals surface area contributed by atoms with Crippen LogP contribution >= 0.6 is 0 Å². The van der Waals surface area contributed by atoms with E-state index in [1.165, 1.54) is 0 Å². The summed E-state index contributed by atoms with van der Waals surface area (Å²) < 4.78 is 8.84. The van der Waals surface area contributed by atoms with Crippen LogP contribution in [0.25, 0.3) is 38.6 Å². The third-order valence-electron chi connectivity index (χ3n) is 5.53. The van der Waals surface area contributed by atoms with Gasteiger partial charge in [0.25, 0.3) is 0 Å². The third kappa shape index (κ3) is 2.95. The molecule has 0 atom stereocenters. The lowest BCUT2D eigenvalue weighted by Crippen LogP contribution is -2.16. The van der Waals surface area contributed by atoms with Crippen LogP contribution in [-0.4, -0.2) is 26.7 Å². The van der Waals surface area contributed by atoms with Crippen molar-refractivity contribution < 1.29 is 9.53 Å². The first-order valence-corrected chi connectivity index (χ1v) is 10.1. The van der Waals surface area contributed by atoms with Gasteiger partial charge in [0, 0.05) is 35.1 Å². The summed E-state index contributed by atoms with van der Waals surface area (Å²) in [5.41, 5.74) is 2.76. The molecule has 0 saturated carbocycles. The normalized spacial score (nSPS) is 11.3. The zero-order valence-corrected chi connectivity index (χ0v) is 17.3. The number of aryl methyl sites for hydroxylation is 1. The minimum Gasteiger partial charge on any atom is -0.461 e. The zero-order chi connectivity index (χ0) is 21.5. The van der Waals surface area contributed by atoms with Crippen LogP contribution in [0.2, 0.25) is 0 Å². The molecule has 0 saturated heterocycles. The van der Waals surface area contributed by atoms with E-state index in [1.54, 1.807) is 11.5 Å². The van der Waals surface area contributed by atoms with Crippen molar-refractivity contribution in [2.24, 2.45) is 7.05 Å². The number of aromatic amines is 1. The molecule has 6 nitrogen and oxygen atoms in total. The lowest BCUT2D eigenvalue weighted by Gasteiger charge is -2.12. The molecule has 3 aromatic carbocycles. The number of ether oxygens (including phenoxy) is 1. The number of carbonyl (C=O) groups excluding carboxylic acids is 1. The summed E-state index contributed by atoms with van der Waals surface area (Å²) in [5.74, 6) is -0.554. The maximum absolute atomic E-state index is 13.2. The van der Waals surface area contributed by atoms with Crippen LogP contribution in [0.5, 0.6) is 0 Å². The van der Waals surface area contributed by atoms with Crippen molar-refractivity contribution in [3.8, 4) is 16.9 Å². The molecule has 6 heteroatoms. The maximum Gasteiger partial charge on any atom is 0.357 e. The average molecular weight is 411 g/mol. The van der Waals surface area contributed by atoms with Gasteiger partial charge in [0.1, 0.15) is 0 Å². The second-order valence-corrected chi connectivity index (χ2v) is 7.38. The Labute approximate surface area is 178 Å². The fraction of sp³-hybridized carbons (Fsp3) is 0.120. The molecule has 0 spiro atoms. The molecule has 5 rings (SSSR count). The fourth-order valence-corrected chi connectivity index (χ4v) is 4.21. The molecular formula is C25H21N3O3. The van der Waals surface area contributed by atoms with Crippen LogP contribution < -0.4 is 5.69 Å². The van der Waals surface area contributed by atoms with E-state index in [9.17, 15) is 9.59 Å².